The van der Waals surface area contributed by atoms with E-state index in [0.717, 1.165) is 11.3 Å². The maximum absolute atomic E-state index is 12.0. The van der Waals surface area contributed by atoms with E-state index in [2.05, 4.69) is 0 Å². The number of rotatable bonds is 5. The Morgan fingerprint density at radius 2 is 2.05 bits per heavy atom. The lowest BCUT2D eigenvalue weighted by molar-refractivity contribution is -0.305. The molecule has 1 amide bonds. The van der Waals surface area contributed by atoms with Crippen molar-refractivity contribution in [3.05, 3.63) is 23.8 Å². The van der Waals surface area contributed by atoms with Crippen LogP contribution in [0.3, 0.4) is 0 Å². The number of nitrogens with zero attached hydrogens (tertiary/aromatic N) is 1. The first kappa shape index (κ1) is 15.5. The Bertz CT molecular complexity index is 681. The first-order chi connectivity index (χ1) is 9.85. The third-order valence-electron chi connectivity index (χ3n) is 3.48. The number of anilines is 1. The van der Waals surface area contributed by atoms with Crippen molar-refractivity contribution >= 4 is 27.4 Å². The largest absolute Gasteiger partial charge is 0.550 e. The van der Waals surface area contributed by atoms with E-state index in [1.807, 2.05) is 0 Å². The molecule has 0 spiro atoms. The standard InChI is InChI=1S/C14H17NO5S/c1-2-13(16)15-7-5-10-9-11(3-4-12(10)15)21(19,20)8-6-14(17)18/h3-4,9H,2,5-8H2,1H3,(H,17,18)/p-1. The molecular weight excluding hydrogens is 294 g/mol. The van der Waals surface area contributed by atoms with Crippen molar-refractivity contribution < 1.29 is 23.1 Å². The molecule has 0 fully saturated rings. The van der Waals surface area contributed by atoms with Gasteiger partial charge in [0.1, 0.15) is 0 Å². The van der Waals surface area contributed by atoms with Crippen LogP contribution in [0.5, 0.6) is 0 Å². The molecule has 0 aromatic heterocycles. The third kappa shape index (κ3) is 3.24. The van der Waals surface area contributed by atoms with Crippen molar-refractivity contribution in [2.24, 2.45) is 0 Å². The Hall–Kier alpha value is -1.89. The summed E-state index contributed by atoms with van der Waals surface area (Å²) in [6.07, 6.45) is 0.468. The van der Waals surface area contributed by atoms with Gasteiger partial charge in [0.05, 0.1) is 10.6 Å². The van der Waals surface area contributed by atoms with Crippen molar-refractivity contribution in [1.82, 2.24) is 0 Å². The molecule has 7 heteroatoms. The minimum Gasteiger partial charge on any atom is -0.550 e. The zero-order valence-electron chi connectivity index (χ0n) is 11.7. The topological polar surface area (TPSA) is 94.6 Å². The summed E-state index contributed by atoms with van der Waals surface area (Å²) >= 11 is 0. The number of aliphatic carboxylic acids is 1. The Morgan fingerprint density at radius 3 is 2.67 bits per heavy atom. The Kier molecular flexibility index (Phi) is 4.32. The van der Waals surface area contributed by atoms with Gasteiger partial charge >= 0.3 is 0 Å². The lowest BCUT2D eigenvalue weighted by Crippen LogP contribution is -2.27. The van der Waals surface area contributed by atoms with Crippen LogP contribution in [0, 0.1) is 0 Å². The Morgan fingerprint density at radius 1 is 1.33 bits per heavy atom. The van der Waals surface area contributed by atoms with Crippen molar-refractivity contribution in [1.29, 1.82) is 0 Å². The number of carbonyl (C=O) groups is 2. The second-order valence-corrected chi connectivity index (χ2v) is 6.99. The van der Waals surface area contributed by atoms with Crippen molar-refractivity contribution in [2.75, 3.05) is 17.2 Å². The van der Waals surface area contributed by atoms with Crippen LogP contribution in [-0.4, -0.2) is 32.6 Å². The molecule has 0 atom stereocenters. The highest BCUT2D eigenvalue weighted by molar-refractivity contribution is 7.91. The van der Waals surface area contributed by atoms with E-state index in [-0.39, 0.29) is 10.8 Å². The number of hydrogen-bond donors (Lipinski definition) is 0. The molecule has 0 radical (unpaired) electrons. The van der Waals surface area contributed by atoms with Gasteiger partial charge < -0.3 is 14.8 Å². The minimum atomic E-state index is -3.64. The van der Waals surface area contributed by atoms with Gasteiger partial charge in [0, 0.05) is 31.0 Å². The second-order valence-electron chi connectivity index (χ2n) is 4.88. The normalized spacial score (nSPS) is 14.0. The number of sulfone groups is 1. The fourth-order valence-electron chi connectivity index (χ4n) is 2.36. The van der Waals surface area contributed by atoms with Crippen molar-refractivity contribution in [3.8, 4) is 0 Å². The fourth-order valence-corrected chi connectivity index (χ4v) is 3.63. The smallest absolute Gasteiger partial charge is 0.226 e. The zero-order chi connectivity index (χ0) is 15.6. The highest BCUT2D eigenvalue weighted by atomic mass is 32.2. The maximum Gasteiger partial charge on any atom is 0.226 e. The molecule has 0 saturated carbocycles. The molecule has 0 saturated heterocycles. The van der Waals surface area contributed by atoms with E-state index in [1.165, 1.54) is 12.1 Å². The maximum atomic E-state index is 12.0. The van der Waals surface area contributed by atoms with Gasteiger partial charge in [-0.05, 0) is 30.2 Å². The molecule has 0 bridgehead atoms. The summed E-state index contributed by atoms with van der Waals surface area (Å²) in [5, 5.41) is 10.4. The Labute approximate surface area is 123 Å². The van der Waals surface area contributed by atoms with E-state index in [1.54, 1.807) is 17.9 Å². The molecule has 0 aliphatic carbocycles. The molecule has 1 heterocycles. The first-order valence-electron chi connectivity index (χ1n) is 6.71. The van der Waals surface area contributed by atoms with Crippen molar-refractivity contribution in [3.63, 3.8) is 0 Å². The molecule has 1 aliphatic rings. The lowest BCUT2D eigenvalue weighted by Gasteiger charge is -2.16. The summed E-state index contributed by atoms with van der Waals surface area (Å²) in [5.74, 6) is -1.87. The second kappa shape index (κ2) is 5.85. The fraction of sp³-hybridized carbons (Fsp3) is 0.429. The molecule has 1 aliphatic heterocycles. The van der Waals surface area contributed by atoms with E-state index in [9.17, 15) is 23.1 Å². The quantitative estimate of drug-likeness (QED) is 0.757. The van der Waals surface area contributed by atoms with Crippen molar-refractivity contribution in [2.45, 2.75) is 31.1 Å². The number of hydrogen-bond acceptors (Lipinski definition) is 5. The highest BCUT2D eigenvalue weighted by Crippen LogP contribution is 2.31. The van der Waals surface area contributed by atoms with Gasteiger partial charge in [-0.15, -0.1) is 0 Å². The summed E-state index contributed by atoms with van der Waals surface area (Å²) in [6, 6.07) is 4.56. The SMILES string of the molecule is CCC(=O)N1CCc2cc(S(=O)(=O)CCC(=O)[O-])ccc21. The van der Waals surface area contributed by atoms with Gasteiger partial charge in [0.15, 0.2) is 9.84 Å². The summed E-state index contributed by atoms with van der Waals surface area (Å²) in [5.41, 5.74) is 1.53. The Balaban J connectivity index is 2.27. The van der Waals surface area contributed by atoms with Crippen LogP contribution in [0.15, 0.2) is 23.1 Å². The average molecular weight is 310 g/mol. The number of carbonyl (C=O) groups excluding carboxylic acids is 2. The lowest BCUT2D eigenvalue weighted by atomic mass is 10.2. The van der Waals surface area contributed by atoms with Crippen LogP contribution in [0.1, 0.15) is 25.3 Å². The number of carboxylic acids is 1. The summed E-state index contributed by atoms with van der Waals surface area (Å²) in [6.45, 7) is 2.32. The molecular formula is C14H16NO5S-. The molecule has 0 N–H and O–H groups in total. The van der Waals surface area contributed by atoms with E-state index >= 15 is 0 Å². The summed E-state index contributed by atoms with van der Waals surface area (Å²) in [7, 11) is -3.64. The van der Waals surface area contributed by atoms with E-state index in [4.69, 9.17) is 0 Å². The van der Waals surface area contributed by atoms with Gasteiger partial charge in [-0.25, -0.2) is 8.42 Å². The molecule has 6 nitrogen and oxygen atoms in total. The number of fused-ring (bicyclic) bond motifs is 1. The average Bonchev–Trinajstić information content (AvgIpc) is 2.87. The van der Waals surface area contributed by atoms with Gasteiger partial charge in [-0.3, -0.25) is 4.79 Å². The van der Waals surface area contributed by atoms with Crippen LogP contribution < -0.4 is 10.0 Å². The molecule has 114 valence electrons. The van der Waals surface area contributed by atoms with Crippen LogP contribution in [0.4, 0.5) is 5.69 Å². The van der Waals surface area contributed by atoms with E-state index in [0.29, 0.717) is 19.4 Å². The molecule has 1 aromatic rings. The van der Waals surface area contributed by atoms with Gasteiger partial charge in [-0.2, -0.15) is 0 Å². The third-order valence-corrected chi connectivity index (χ3v) is 5.20. The zero-order valence-corrected chi connectivity index (χ0v) is 12.5. The van der Waals surface area contributed by atoms with E-state index < -0.39 is 28.0 Å². The minimum absolute atomic E-state index is 0.00121. The molecule has 2 rings (SSSR count). The highest BCUT2D eigenvalue weighted by Gasteiger charge is 2.25. The van der Waals surface area contributed by atoms with Gasteiger partial charge in [0.2, 0.25) is 5.91 Å². The number of amides is 1. The molecule has 21 heavy (non-hydrogen) atoms. The molecule has 1 aromatic carbocycles. The van der Waals surface area contributed by atoms with Gasteiger partial charge in [0.25, 0.3) is 0 Å². The van der Waals surface area contributed by atoms with Crippen LogP contribution >= 0.6 is 0 Å². The molecule has 0 unspecified atom stereocenters. The first-order valence-corrected chi connectivity index (χ1v) is 8.36. The number of carboxylic acid groups (broad SMARTS) is 1. The number of benzene rings is 1. The summed E-state index contributed by atoms with van der Waals surface area (Å²) in [4.78, 5) is 23.9. The summed E-state index contributed by atoms with van der Waals surface area (Å²) < 4.78 is 24.1. The monoisotopic (exact) mass is 310 g/mol. The van der Waals surface area contributed by atoms with Crippen LogP contribution in [-0.2, 0) is 25.8 Å². The predicted octanol–water partition coefficient (Wildman–Crippen LogP) is -0.101. The predicted molar refractivity (Wildman–Crippen MR) is 74.5 cm³/mol. The van der Waals surface area contributed by atoms with Crippen LogP contribution in [0.25, 0.3) is 0 Å². The van der Waals surface area contributed by atoms with Gasteiger partial charge in [-0.1, -0.05) is 6.92 Å². The van der Waals surface area contributed by atoms with Crippen LogP contribution in [0.2, 0.25) is 0 Å².